The maximum Gasteiger partial charge on any atom is 0.270 e. The lowest BCUT2D eigenvalue weighted by Gasteiger charge is -2.32. The van der Waals surface area contributed by atoms with Crippen LogP contribution >= 0.6 is 0 Å². The molecule has 2 N–H and O–H groups in total. The second-order valence-electron chi connectivity index (χ2n) is 8.14. The van der Waals surface area contributed by atoms with Gasteiger partial charge in [0.2, 0.25) is 5.91 Å². The van der Waals surface area contributed by atoms with Crippen molar-refractivity contribution in [2.24, 2.45) is 5.92 Å². The average molecular weight is 475 g/mol. The molecule has 1 aliphatic heterocycles. The van der Waals surface area contributed by atoms with Crippen molar-refractivity contribution in [3.63, 3.8) is 0 Å². The van der Waals surface area contributed by atoms with E-state index >= 15 is 0 Å². The molecule has 1 aliphatic rings. The largest absolute Gasteiger partial charge is 0.354 e. The number of nitro benzene ring substituents is 1. The van der Waals surface area contributed by atoms with Gasteiger partial charge in [-0.1, -0.05) is 18.2 Å². The summed E-state index contributed by atoms with van der Waals surface area (Å²) >= 11 is 0. The quantitative estimate of drug-likeness (QED) is 0.467. The van der Waals surface area contributed by atoms with Crippen molar-refractivity contribution < 1.29 is 22.9 Å². The third kappa shape index (κ3) is 5.86. The lowest BCUT2D eigenvalue weighted by molar-refractivity contribution is -0.385. The zero-order chi connectivity index (χ0) is 24.2. The maximum absolute atomic E-state index is 13.1. The van der Waals surface area contributed by atoms with Crippen LogP contribution in [-0.4, -0.2) is 49.2 Å². The number of benzene rings is 2. The van der Waals surface area contributed by atoms with Crippen LogP contribution in [0.5, 0.6) is 0 Å². The molecule has 1 heterocycles. The third-order valence-corrected chi connectivity index (χ3v) is 6.69. The number of carbonyl (C=O) groups is 2. The molecule has 0 aromatic heterocycles. The van der Waals surface area contributed by atoms with Gasteiger partial charge >= 0.3 is 0 Å². The molecule has 33 heavy (non-hydrogen) atoms. The van der Waals surface area contributed by atoms with Gasteiger partial charge in [0.15, 0.2) is 0 Å². The van der Waals surface area contributed by atoms with Gasteiger partial charge in [0, 0.05) is 37.2 Å². The van der Waals surface area contributed by atoms with E-state index in [0.717, 1.165) is 6.07 Å². The number of amides is 2. The molecular weight excluding hydrogens is 448 g/mol. The first-order valence-electron chi connectivity index (χ1n) is 10.5. The number of sulfonamides is 1. The number of piperidine rings is 1. The zero-order valence-corrected chi connectivity index (χ0v) is 19.2. The van der Waals surface area contributed by atoms with Crippen LogP contribution in [0, 0.1) is 16.0 Å². The van der Waals surface area contributed by atoms with Gasteiger partial charge in [-0.15, -0.1) is 0 Å². The molecule has 0 radical (unpaired) electrons. The number of non-ortho nitro benzene ring substituents is 1. The van der Waals surface area contributed by atoms with Crippen LogP contribution in [0.3, 0.4) is 0 Å². The highest BCUT2D eigenvalue weighted by atomic mass is 32.2. The van der Waals surface area contributed by atoms with E-state index in [1.807, 2.05) is 13.8 Å². The number of rotatable bonds is 7. The summed E-state index contributed by atoms with van der Waals surface area (Å²) in [6.07, 6.45) is 1.04. The predicted molar refractivity (Wildman–Crippen MR) is 122 cm³/mol. The number of nitrogens with one attached hydrogen (secondary N) is 2. The summed E-state index contributed by atoms with van der Waals surface area (Å²) in [7, 11) is -4.17. The van der Waals surface area contributed by atoms with Crippen molar-refractivity contribution >= 4 is 33.2 Å². The lowest BCUT2D eigenvalue weighted by atomic mass is 9.95. The van der Waals surface area contributed by atoms with E-state index in [0.29, 0.717) is 25.9 Å². The van der Waals surface area contributed by atoms with Gasteiger partial charge in [-0.25, -0.2) is 8.42 Å². The fraction of sp³-hybridized carbons (Fsp3) is 0.364. The average Bonchev–Trinajstić information content (AvgIpc) is 2.78. The summed E-state index contributed by atoms with van der Waals surface area (Å²) in [5.41, 5.74) is -0.114. The fourth-order valence-corrected chi connectivity index (χ4v) is 4.76. The van der Waals surface area contributed by atoms with Gasteiger partial charge in [-0.2, -0.15) is 0 Å². The number of likely N-dealkylation sites (tertiary alicyclic amines) is 1. The first-order valence-corrected chi connectivity index (χ1v) is 12.0. The van der Waals surface area contributed by atoms with Crippen molar-refractivity contribution in [1.29, 1.82) is 0 Å². The van der Waals surface area contributed by atoms with Crippen LogP contribution in [0.1, 0.15) is 37.0 Å². The zero-order valence-electron chi connectivity index (χ0n) is 18.4. The summed E-state index contributed by atoms with van der Waals surface area (Å²) in [6, 6.07) is 10.9. The number of para-hydroxylation sites is 1. The molecule has 0 saturated carbocycles. The Balaban J connectivity index is 1.76. The summed E-state index contributed by atoms with van der Waals surface area (Å²) < 4.78 is 28.0. The van der Waals surface area contributed by atoms with Crippen LogP contribution in [0.25, 0.3) is 0 Å². The minimum absolute atomic E-state index is 0.0257. The highest BCUT2D eigenvalue weighted by molar-refractivity contribution is 7.92. The summed E-state index contributed by atoms with van der Waals surface area (Å²) in [4.78, 5) is 37.0. The maximum atomic E-state index is 13.1. The molecule has 3 rings (SSSR count). The topological polar surface area (TPSA) is 139 Å². The second kappa shape index (κ2) is 9.99. The monoisotopic (exact) mass is 474 g/mol. The Morgan fingerprint density at radius 3 is 2.39 bits per heavy atom. The normalized spacial score (nSPS) is 14.7. The second-order valence-corrected chi connectivity index (χ2v) is 9.82. The standard InChI is InChI=1S/C22H26N4O6S/c1-15(2)23-21(27)16-10-12-25(13-11-16)22(28)19-8-3-4-9-20(19)24-33(31,32)18-7-5-6-17(14-18)26(29)30/h3-9,14-16,24H,10-13H2,1-2H3,(H,23,27). The van der Waals surface area contributed by atoms with Gasteiger partial charge in [-0.3, -0.25) is 24.4 Å². The van der Waals surface area contributed by atoms with E-state index < -0.39 is 14.9 Å². The Labute approximate surface area is 192 Å². The molecule has 0 spiro atoms. The molecule has 2 aromatic carbocycles. The van der Waals surface area contributed by atoms with E-state index in [2.05, 4.69) is 10.0 Å². The first-order chi connectivity index (χ1) is 15.6. The van der Waals surface area contributed by atoms with Gasteiger partial charge < -0.3 is 10.2 Å². The Morgan fingerprint density at radius 2 is 1.76 bits per heavy atom. The highest BCUT2D eigenvalue weighted by Crippen LogP contribution is 2.26. The molecule has 1 saturated heterocycles. The van der Waals surface area contributed by atoms with E-state index in [-0.39, 0.29) is 45.6 Å². The fourth-order valence-electron chi connectivity index (χ4n) is 3.64. The molecule has 2 amide bonds. The van der Waals surface area contributed by atoms with Crippen molar-refractivity contribution in [3.05, 3.63) is 64.2 Å². The third-order valence-electron chi connectivity index (χ3n) is 5.32. The number of anilines is 1. The minimum Gasteiger partial charge on any atom is -0.354 e. The van der Waals surface area contributed by atoms with Crippen LogP contribution in [0.15, 0.2) is 53.4 Å². The van der Waals surface area contributed by atoms with E-state index in [1.54, 1.807) is 17.0 Å². The molecule has 176 valence electrons. The Bertz CT molecular complexity index is 1160. The van der Waals surface area contributed by atoms with Crippen LogP contribution in [0.2, 0.25) is 0 Å². The Morgan fingerprint density at radius 1 is 1.09 bits per heavy atom. The molecule has 0 aliphatic carbocycles. The SMILES string of the molecule is CC(C)NC(=O)C1CCN(C(=O)c2ccccc2NS(=O)(=O)c2cccc([N+](=O)[O-])c2)CC1. The van der Waals surface area contributed by atoms with Crippen molar-refractivity contribution in [3.8, 4) is 0 Å². The molecule has 0 atom stereocenters. The molecule has 0 unspecified atom stereocenters. The van der Waals surface area contributed by atoms with Crippen molar-refractivity contribution in [2.75, 3.05) is 17.8 Å². The van der Waals surface area contributed by atoms with Gasteiger partial charge in [-0.05, 0) is 44.9 Å². The predicted octanol–water partition coefficient (Wildman–Crippen LogP) is 2.77. The molecular formula is C22H26N4O6S. The van der Waals surface area contributed by atoms with Gasteiger partial charge in [0.1, 0.15) is 0 Å². The van der Waals surface area contributed by atoms with Crippen molar-refractivity contribution in [1.82, 2.24) is 10.2 Å². The molecule has 11 heteroatoms. The number of nitro groups is 1. The summed E-state index contributed by atoms with van der Waals surface area (Å²) in [5.74, 6) is -0.545. The first kappa shape index (κ1) is 24.2. The van der Waals surface area contributed by atoms with Gasteiger partial charge in [0.25, 0.3) is 21.6 Å². The number of hydrogen-bond acceptors (Lipinski definition) is 6. The Hall–Kier alpha value is -3.47. The van der Waals surface area contributed by atoms with Crippen LogP contribution in [0.4, 0.5) is 11.4 Å². The molecule has 0 bridgehead atoms. The number of carbonyl (C=O) groups excluding carboxylic acids is 2. The van der Waals surface area contributed by atoms with E-state index in [9.17, 15) is 28.1 Å². The number of hydrogen-bond donors (Lipinski definition) is 2. The van der Waals surface area contributed by atoms with Crippen LogP contribution in [-0.2, 0) is 14.8 Å². The molecule has 2 aromatic rings. The smallest absolute Gasteiger partial charge is 0.270 e. The molecule has 10 nitrogen and oxygen atoms in total. The summed E-state index contributed by atoms with van der Waals surface area (Å²) in [5, 5.41) is 13.9. The minimum atomic E-state index is -4.17. The lowest BCUT2D eigenvalue weighted by Crippen LogP contribution is -2.44. The van der Waals surface area contributed by atoms with E-state index in [1.165, 1.54) is 30.3 Å². The van der Waals surface area contributed by atoms with Crippen molar-refractivity contribution in [2.45, 2.75) is 37.6 Å². The molecule has 1 fully saturated rings. The summed E-state index contributed by atoms with van der Waals surface area (Å²) in [6.45, 7) is 4.53. The Kier molecular flexibility index (Phi) is 7.32. The van der Waals surface area contributed by atoms with Gasteiger partial charge in [0.05, 0.1) is 21.1 Å². The highest BCUT2D eigenvalue weighted by Gasteiger charge is 2.29. The van der Waals surface area contributed by atoms with E-state index in [4.69, 9.17) is 0 Å². The van der Waals surface area contributed by atoms with Crippen LogP contribution < -0.4 is 10.0 Å². The number of nitrogens with zero attached hydrogens (tertiary/aromatic N) is 2.